The van der Waals surface area contributed by atoms with Gasteiger partial charge in [-0.25, -0.2) is 22.4 Å². The highest BCUT2D eigenvalue weighted by Crippen LogP contribution is 2.20. The second kappa shape index (κ2) is 10.1. The number of benzene rings is 2. The fourth-order valence-electron chi connectivity index (χ4n) is 2.77. The summed E-state index contributed by atoms with van der Waals surface area (Å²) in [5.74, 6) is -7.94. The molecule has 33 heavy (non-hydrogen) atoms. The van der Waals surface area contributed by atoms with Crippen molar-refractivity contribution in [3.63, 3.8) is 0 Å². The molecule has 1 aliphatic heterocycles. The van der Waals surface area contributed by atoms with Gasteiger partial charge in [0.2, 0.25) is 12.0 Å². The second-order valence-electron chi connectivity index (χ2n) is 6.91. The molecule has 1 aliphatic rings. The molecule has 3 rings (SSSR count). The van der Waals surface area contributed by atoms with Crippen LogP contribution in [0, 0.1) is 23.3 Å². The van der Waals surface area contributed by atoms with Crippen LogP contribution in [0.25, 0.3) is 0 Å². The van der Waals surface area contributed by atoms with Crippen LogP contribution in [-0.4, -0.2) is 42.2 Å². The molecule has 2 amide bonds. The van der Waals surface area contributed by atoms with E-state index in [1.54, 1.807) is 6.07 Å². The molecule has 2 aromatic rings. The van der Waals surface area contributed by atoms with Crippen molar-refractivity contribution in [1.82, 2.24) is 5.32 Å². The molecule has 8 nitrogen and oxygen atoms in total. The number of amides is 2. The van der Waals surface area contributed by atoms with Crippen molar-refractivity contribution in [3.05, 3.63) is 65.2 Å². The summed E-state index contributed by atoms with van der Waals surface area (Å²) in [6.45, 7) is 0.579. The molecule has 0 aliphatic carbocycles. The molecule has 0 fully saturated rings. The molecule has 0 saturated carbocycles. The number of hydrogen-bond donors (Lipinski definition) is 2. The normalized spacial score (nSPS) is 15.8. The van der Waals surface area contributed by atoms with Crippen molar-refractivity contribution in [2.24, 2.45) is 5.16 Å². The van der Waals surface area contributed by atoms with Gasteiger partial charge in [-0.15, -0.1) is 0 Å². The number of halogens is 4. The van der Waals surface area contributed by atoms with Crippen LogP contribution in [0.15, 0.2) is 41.6 Å². The molecule has 0 spiro atoms. The van der Waals surface area contributed by atoms with Gasteiger partial charge < -0.3 is 20.2 Å². The maximum absolute atomic E-state index is 13.6. The van der Waals surface area contributed by atoms with E-state index in [1.807, 2.05) is 5.32 Å². The number of carbonyl (C=O) groups excluding carboxylic acids is 3. The lowest BCUT2D eigenvalue weighted by Gasteiger charge is -2.15. The number of ether oxygens (including phenoxy) is 1. The van der Waals surface area contributed by atoms with E-state index < -0.39 is 65.5 Å². The van der Waals surface area contributed by atoms with Crippen LogP contribution in [0.5, 0.6) is 0 Å². The lowest BCUT2D eigenvalue weighted by Crippen LogP contribution is -2.41. The van der Waals surface area contributed by atoms with E-state index >= 15 is 0 Å². The topological polar surface area (TPSA) is 106 Å². The van der Waals surface area contributed by atoms with Crippen LogP contribution in [0.1, 0.15) is 18.9 Å². The molecule has 0 bridgehead atoms. The summed E-state index contributed by atoms with van der Waals surface area (Å²) < 4.78 is 58.0. The average Bonchev–Trinajstić information content (AvgIpc) is 3.28. The molecule has 1 heterocycles. The first kappa shape index (κ1) is 23.7. The molecule has 174 valence electrons. The van der Waals surface area contributed by atoms with E-state index in [4.69, 9.17) is 9.57 Å². The molecule has 0 saturated heterocycles. The Labute approximate surface area is 184 Å². The zero-order valence-electron chi connectivity index (χ0n) is 17.0. The predicted molar refractivity (Wildman–Crippen MR) is 106 cm³/mol. The van der Waals surface area contributed by atoms with Gasteiger partial charge in [-0.2, -0.15) is 0 Å². The third-order valence-corrected chi connectivity index (χ3v) is 4.48. The minimum atomic E-state index is -1.75. The first-order valence-electron chi connectivity index (χ1n) is 9.56. The lowest BCUT2D eigenvalue weighted by molar-refractivity contribution is -0.164. The van der Waals surface area contributed by atoms with Gasteiger partial charge in [-0.05, 0) is 31.2 Å². The first-order valence-corrected chi connectivity index (χ1v) is 9.56. The number of anilines is 1. The molecule has 12 heteroatoms. The van der Waals surface area contributed by atoms with E-state index in [9.17, 15) is 31.9 Å². The number of carbonyl (C=O) groups is 3. The molecule has 2 atom stereocenters. The summed E-state index contributed by atoms with van der Waals surface area (Å²) in [5, 5.41) is 7.87. The van der Waals surface area contributed by atoms with Crippen molar-refractivity contribution in [2.45, 2.75) is 25.6 Å². The van der Waals surface area contributed by atoms with E-state index in [2.05, 4.69) is 10.5 Å². The Bertz CT molecular complexity index is 1130. The van der Waals surface area contributed by atoms with Crippen molar-refractivity contribution >= 4 is 29.2 Å². The fraction of sp³-hybridized carbons (Fsp3) is 0.238. The molecule has 2 aromatic carbocycles. The Morgan fingerprint density at radius 1 is 1.15 bits per heavy atom. The highest BCUT2D eigenvalue weighted by molar-refractivity contribution is 6.03. The zero-order chi connectivity index (χ0) is 24.1. The molecular formula is C21H17F4N3O5. The van der Waals surface area contributed by atoms with Gasteiger partial charge >= 0.3 is 5.97 Å². The van der Waals surface area contributed by atoms with E-state index in [1.165, 1.54) is 25.1 Å². The number of hydrogen-bond acceptors (Lipinski definition) is 6. The number of nitrogens with zero attached hydrogens (tertiary/aromatic N) is 1. The van der Waals surface area contributed by atoms with Gasteiger partial charge in [0.1, 0.15) is 5.82 Å². The van der Waals surface area contributed by atoms with Crippen LogP contribution >= 0.6 is 0 Å². The SMILES string of the molecule is CC(OC(=O)C1CC(c2cccc(F)c2)=NO1)C(=O)NCC(=O)Nc1ccc(F)c(F)c1F. The summed E-state index contributed by atoms with van der Waals surface area (Å²) in [7, 11) is 0. The maximum Gasteiger partial charge on any atom is 0.351 e. The van der Waals surface area contributed by atoms with Crippen LogP contribution in [0.4, 0.5) is 23.2 Å². The van der Waals surface area contributed by atoms with Gasteiger partial charge in [0.25, 0.3) is 5.91 Å². The van der Waals surface area contributed by atoms with Gasteiger partial charge in [0.15, 0.2) is 23.6 Å². The minimum absolute atomic E-state index is 0.00117. The molecule has 2 unspecified atom stereocenters. The van der Waals surface area contributed by atoms with E-state index in [0.29, 0.717) is 17.3 Å². The van der Waals surface area contributed by atoms with Gasteiger partial charge in [-0.3, -0.25) is 9.59 Å². The Kier molecular flexibility index (Phi) is 7.26. The van der Waals surface area contributed by atoms with Crippen LogP contribution < -0.4 is 10.6 Å². The van der Waals surface area contributed by atoms with Crippen molar-refractivity contribution < 1.29 is 41.5 Å². The number of rotatable bonds is 7. The first-order chi connectivity index (χ1) is 15.7. The third kappa shape index (κ3) is 5.84. The molecule has 0 radical (unpaired) electrons. The van der Waals surface area contributed by atoms with Crippen LogP contribution in [0.3, 0.4) is 0 Å². The molecule has 0 aromatic heterocycles. The summed E-state index contributed by atoms with van der Waals surface area (Å²) >= 11 is 0. The van der Waals surface area contributed by atoms with Crippen LogP contribution in [-0.2, 0) is 24.0 Å². The highest BCUT2D eigenvalue weighted by Gasteiger charge is 2.32. The van der Waals surface area contributed by atoms with E-state index in [0.717, 1.165) is 6.07 Å². The predicted octanol–water partition coefficient (Wildman–Crippen LogP) is 2.42. The average molecular weight is 467 g/mol. The number of esters is 1. The quantitative estimate of drug-likeness (QED) is 0.370. The van der Waals surface area contributed by atoms with Gasteiger partial charge in [-0.1, -0.05) is 17.3 Å². The fourth-order valence-corrected chi connectivity index (χ4v) is 2.77. The Hall–Kier alpha value is -3.96. The summed E-state index contributed by atoms with van der Waals surface area (Å²) in [4.78, 5) is 41.1. The van der Waals surface area contributed by atoms with Gasteiger partial charge in [0.05, 0.1) is 17.9 Å². The lowest BCUT2D eigenvalue weighted by atomic mass is 10.1. The molecular weight excluding hydrogens is 450 g/mol. The third-order valence-electron chi connectivity index (χ3n) is 4.48. The highest BCUT2D eigenvalue weighted by atomic mass is 19.2. The Balaban J connectivity index is 1.45. The van der Waals surface area contributed by atoms with E-state index in [-0.39, 0.29) is 6.42 Å². The van der Waals surface area contributed by atoms with Gasteiger partial charge in [0, 0.05) is 12.0 Å². The summed E-state index contributed by atoms with van der Waals surface area (Å²) in [6.07, 6.45) is -2.47. The monoisotopic (exact) mass is 467 g/mol. The van der Waals surface area contributed by atoms with Crippen LogP contribution in [0.2, 0.25) is 0 Å². The maximum atomic E-state index is 13.6. The van der Waals surface area contributed by atoms with Crippen molar-refractivity contribution in [2.75, 3.05) is 11.9 Å². The Morgan fingerprint density at radius 3 is 2.64 bits per heavy atom. The Morgan fingerprint density at radius 2 is 1.91 bits per heavy atom. The minimum Gasteiger partial charge on any atom is -0.450 e. The smallest absolute Gasteiger partial charge is 0.351 e. The second-order valence-corrected chi connectivity index (χ2v) is 6.91. The summed E-state index contributed by atoms with van der Waals surface area (Å²) in [5.41, 5.74) is 0.148. The zero-order valence-corrected chi connectivity index (χ0v) is 17.0. The standard InChI is InChI=1S/C21H17F4N3O5/c1-10(20(30)26-9-17(29)27-14-6-5-13(23)18(24)19(14)25)32-21(31)16-8-15(28-33-16)11-3-2-4-12(22)7-11/h2-7,10,16H,8-9H2,1H3,(H,26,30)(H,27,29). The molecule has 2 N–H and O–H groups in total. The summed E-state index contributed by atoms with van der Waals surface area (Å²) in [6, 6.07) is 6.99. The van der Waals surface area contributed by atoms with Crippen molar-refractivity contribution in [1.29, 1.82) is 0 Å². The largest absolute Gasteiger partial charge is 0.450 e. The number of oxime groups is 1. The number of nitrogens with one attached hydrogen (secondary N) is 2. The van der Waals surface area contributed by atoms with Crippen molar-refractivity contribution in [3.8, 4) is 0 Å².